The van der Waals surface area contributed by atoms with Crippen LogP contribution in [0.25, 0.3) is 0 Å². The molecule has 7 heteroatoms. The van der Waals surface area contributed by atoms with Crippen LogP contribution >= 0.6 is 11.8 Å². The third-order valence-electron chi connectivity index (χ3n) is 1.77. The first-order valence-electron chi connectivity index (χ1n) is 4.70. The van der Waals surface area contributed by atoms with Crippen molar-refractivity contribution in [2.24, 2.45) is 0 Å². The molecule has 0 bridgehead atoms. The van der Waals surface area contributed by atoms with E-state index in [1.807, 2.05) is 0 Å². The fourth-order valence-corrected chi connectivity index (χ4v) is 1.57. The molecule has 0 radical (unpaired) electrons. The van der Waals surface area contributed by atoms with Crippen LogP contribution in [-0.4, -0.2) is 23.0 Å². The minimum Gasteiger partial charge on any atom is -0.288 e. The van der Waals surface area contributed by atoms with Crippen LogP contribution in [0.2, 0.25) is 0 Å². The van der Waals surface area contributed by atoms with Crippen LogP contribution in [0, 0.1) is 0 Å². The Morgan fingerprint density at radius 1 is 1.06 bits per heavy atom. The number of carbonyl (C=O) groups is 1. The van der Waals surface area contributed by atoms with Crippen molar-refractivity contribution in [3.05, 3.63) is 0 Å². The van der Waals surface area contributed by atoms with E-state index in [1.54, 1.807) is 0 Å². The number of alkyl halides is 5. The maximum atomic E-state index is 12.9. The lowest BCUT2D eigenvalue weighted by molar-refractivity contribution is -0.152. The summed E-state index contributed by atoms with van der Waals surface area (Å²) in [5.41, 5.74) is 0. The third-order valence-corrected chi connectivity index (χ3v) is 2.67. The van der Waals surface area contributed by atoms with Crippen LogP contribution in [-0.2, 0) is 4.79 Å². The molecule has 96 valence electrons. The van der Waals surface area contributed by atoms with E-state index in [9.17, 15) is 26.7 Å². The van der Waals surface area contributed by atoms with Crippen molar-refractivity contribution in [1.29, 1.82) is 0 Å². The molecule has 0 aliphatic rings. The van der Waals surface area contributed by atoms with Crippen molar-refractivity contribution in [2.75, 3.05) is 5.75 Å². The highest BCUT2D eigenvalue weighted by atomic mass is 32.2. The Morgan fingerprint density at radius 3 is 2.06 bits per heavy atom. The zero-order chi connectivity index (χ0) is 12.8. The normalized spacial score (nSPS) is 12.9. The maximum absolute atomic E-state index is 12.9. The fraction of sp³-hybridized carbons (Fsp3) is 0.889. The molecule has 0 aliphatic heterocycles. The number of carbonyl (C=O) groups excluding carboxylic acids is 1. The lowest BCUT2D eigenvalue weighted by Crippen LogP contribution is -2.20. The highest BCUT2D eigenvalue weighted by molar-refractivity contribution is 8.13. The topological polar surface area (TPSA) is 17.1 Å². The SMILES string of the molecule is CC(=O)SCCCC(F)(F)CCC(F)(F)F. The molecule has 0 aromatic heterocycles. The summed E-state index contributed by atoms with van der Waals surface area (Å²) < 4.78 is 60.9. The lowest BCUT2D eigenvalue weighted by atomic mass is 10.1. The molecule has 0 heterocycles. The molecular formula is C9H13F5OS. The van der Waals surface area contributed by atoms with Gasteiger partial charge in [-0.05, 0) is 6.42 Å². The molecule has 0 aromatic rings. The van der Waals surface area contributed by atoms with Gasteiger partial charge in [0.15, 0.2) is 5.12 Å². The Hall–Kier alpha value is -0.330. The number of hydrogen-bond donors (Lipinski definition) is 0. The molecule has 0 unspecified atom stereocenters. The summed E-state index contributed by atoms with van der Waals surface area (Å²) in [6, 6.07) is 0. The van der Waals surface area contributed by atoms with E-state index in [0.29, 0.717) is 0 Å². The quantitative estimate of drug-likeness (QED) is 0.532. The van der Waals surface area contributed by atoms with E-state index in [1.165, 1.54) is 6.92 Å². The second kappa shape index (κ2) is 6.42. The van der Waals surface area contributed by atoms with Gasteiger partial charge in [0.25, 0.3) is 0 Å². The molecule has 0 fully saturated rings. The van der Waals surface area contributed by atoms with Crippen molar-refractivity contribution < 1.29 is 26.7 Å². The molecule has 0 amide bonds. The highest BCUT2D eigenvalue weighted by Crippen LogP contribution is 2.32. The smallest absolute Gasteiger partial charge is 0.288 e. The van der Waals surface area contributed by atoms with E-state index in [4.69, 9.17) is 0 Å². The van der Waals surface area contributed by atoms with Gasteiger partial charge in [-0.3, -0.25) is 4.79 Å². The summed E-state index contributed by atoms with van der Waals surface area (Å²) in [5, 5.41) is -0.182. The summed E-state index contributed by atoms with van der Waals surface area (Å²) in [6.45, 7) is 1.31. The van der Waals surface area contributed by atoms with Gasteiger partial charge in [-0.1, -0.05) is 11.8 Å². The Balaban J connectivity index is 3.74. The van der Waals surface area contributed by atoms with Gasteiger partial charge in [0, 0.05) is 31.9 Å². The van der Waals surface area contributed by atoms with Crippen molar-refractivity contribution in [1.82, 2.24) is 0 Å². The summed E-state index contributed by atoms with van der Waals surface area (Å²) >= 11 is 0.901. The van der Waals surface area contributed by atoms with Crippen molar-refractivity contribution >= 4 is 16.9 Å². The van der Waals surface area contributed by atoms with Gasteiger partial charge >= 0.3 is 6.18 Å². The molecule has 16 heavy (non-hydrogen) atoms. The van der Waals surface area contributed by atoms with Crippen LogP contribution in [0.4, 0.5) is 22.0 Å². The summed E-state index contributed by atoms with van der Waals surface area (Å²) in [4.78, 5) is 10.5. The maximum Gasteiger partial charge on any atom is 0.389 e. The molecule has 0 aliphatic carbocycles. The molecule has 0 rings (SSSR count). The minimum absolute atomic E-state index is 0.0368. The summed E-state index contributed by atoms with van der Waals surface area (Å²) in [6.07, 6.45) is -7.77. The minimum atomic E-state index is -4.54. The Bertz CT molecular complexity index is 226. The molecule has 1 nitrogen and oxygen atoms in total. The first-order chi connectivity index (χ1) is 7.12. The summed E-state index contributed by atoms with van der Waals surface area (Å²) in [7, 11) is 0. The summed E-state index contributed by atoms with van der Waals surface area (Å²) in [5.74, 6) is -3.08. The molecule has 0 saturated carbocycles. The van der Waals surface area contributed by atoms with Gasteiger partial charge in [-0.25, -0.2) is 8.78 Å². The molecular weight excluding hydrogens is 251 g/mol. The zero-order valence-corrected chi connectivity index (χ0v) is 9.56. The van der Waals surface area contributed by atoms with E-state index in [0.717, 1.165) is 11.8 Å². The van der Waals surface area contributed by atoms with Crippen LogP contribution in [0.5, 0.6) is 0 Å². The molecule has 0 saturated heterocycles. The monoisotopic (exact) mass is 264 g/mol. The Kier molecular flexibility index (Phi) is 6.28. The third kappa shape index (κ3) is 10.2. The average molecular weight is 264 g/mol. The van der Waals surface area contributed by atoms with Crippen LogP contribution in [0.15, 0.2) is 0 Å². The predicted octanol–water partition coefficient (Wildman–Crippen LogP) is 4.02. The number of halogens is 5. The van der Waals surface area contributed by atoms with Crippen LogP contribution in [0.3, 0.4) is 0 Å². The van der Waals surface area contributed by atoms with E-state index < -0.39 is 31.4 Å². The number of hydrogen-bond acceptors (Lipinski definition) is 2. The van der Waals surface area contributed by atoms with E-state index in [-0.39, 0.29) is 17.3 Å². The number of rotatable bonds is 6. The molecule has 0 atom stereocenters. The lowest BCUT2D eigenvalue weighted by Gasteiger charge is -2.16. The fourth-order valence-electron chi connectivity index (χ4n) is 0.996. The van der Waals surface area contributed by atoms with Crippen LogP contribution in [0.1, 0.15) is 32.6 Å². The van der Waals surface area contributed by atoms with Crippen molar-refractivity contribution in [2.45, 2.75) is 44.7 Å². The molecule has 0 aromatic carbocycles. The molecule has 0 N–H and O–H groups in total. The Morgan fingerprint density at radius 2 is 1.62 bits per heavy atom. The van der Waals surface area contributed by atoms with Gasteiger partial charge in [-0.15, -0.1) is 0 Å². The standard InChI is InChI=1S/C9H13F5OS/c1-7(15)16-6-2-3-8(10,11)4-5-9(12,13)14/h2-6H2,1H3. The van der Waals surface area contributed by atoms with Gasteiger partial charge in [0.05, 0.1) is 0 Å². The average Bonchev–Trinajstić information content (AvgIpc) is 2.08. The first-order valence-corrected chi connectivity index (χ1v) is 5.69. The van der Waals surface area contributed by atoms with Gasteiger partial charge < -0.3 is 0 Å². The highest BCUT2D eigenvalue weighted by Gasteiger charge is 2.35. The van der Waals surface area contributed by atoms with Gasteiger partial charge in [0.1, 0.15) is 0 Å². The largest absolute Gasteiger partial charge is 0.389 e. The predicted molar refractivity (Wildman–Crippen MR) is 52.6 cm³/mol. The zero-order valence-electron chi connectivity index (χ0n) is 8.74. The van der Waals surface area contributed by atoms with Gasteiger partial charge in [0.2, 0.25) is 5.92 Å². The van der Waals surface area contributed by atoms with Crippen molar-refractivity contribution in [3.8, 4) is 0 Å². The van der Waals surface area contributed by atoms with E-state index >= 15 is 0 Å². The second-order valence-electron chi connectivity index (χ2n) is 3.41. The molecule has 0 spiro atoms. The van der Waals surface area contributed by atoms with Crippen LogP contribution < -0.4 is 0 Å². The van der Waals surface area contributed by atoms with Crippen molar-refractivity contribution in [3.63, 3.8) is 0 Å². The Labute approximate surface area is 94.8 Å². The van der Waals surface area contributed by atoms with E-state index in [2.05, 4.69) is 0 Å². The second-order valence-corrected chi connectivity index (χ2v) is 4.69. The first kappa shape index (κ1) is 15.7. The number of thioether (sulfide) groups is 1. The van der Waals surface area contributed by atoms with Gasteiger partial charge in [-0.2, -0.15) is 13.2 Å².